The van der Waals surface area contributed by atoms with Gasteiger partial charge in [0, 0.05) is 44.6 Å². The number of carbonyl (C=O) groups is 5. The van der Waals surface area contributed by atoms with Crippen LogP contribution in [0.3, 0.4) is 0 Å². The van der Waals surface area contributed by atoms with Crippen molar-refractivity contribution >= 4 is 29.5 Å². The molecule has 5 amide bonds. The molecular formula is C35H47N5O8. The molecule has 4 rings (SSSR count). The van der Waals surface area contributed by atoms with E-state index in [0.29, 0.717) is 86.0 Å². The lowest BCUT2D eigenvalue weighted by atomic mass is 9.95. The van der Waals surface area contributed by atoms with E-state index in [1.54, 1.807) is 41.3 Å². The first kappa shape index (κ1) is 36.0. The van der Waals surface area contributed by atoms with Crippen molar-refractivity contribution in [3.8, 4) is 23.0 Å². The molecule has 2 aromatic rings. The number of nitrogens with one attached hydrogen (secondary N) is 3. The molecule has 0 spiro atoms. The summed E-state index contributed by atoms with van der Waals surface area (Å²) in [5, 5.41) is 8.67. The van der Waals surface area contributed by atoms with E-state index in [9.17, 15) is 24.0 Å². The number of likely N-dealkylation sites (tertiary alicyclic amines) is 1. The summed E-state index contributed by atoms with van der Waals surface area (Å²) in [6.45, 7) is 6.60. The van der Waals surface area contributed by atoms with Gasteiger partial charge in [-0.25, -0.2) is 0 Å². The van der Waals surface area contributed by atoms with Crippen LogP contribution >= 0.6 is 0 Å². The SMILES string of the molecule is COc1ccc2cc1Oc1cccc(OC)c1CNC(=O)[C@@H](C(C)C)NC(=O)CN(C(=O)C1CCN(C(C)=O)CC1)CCCCNC2=O. The molecule has 48 heavy (non-hydrogen) atoms. The number of amides is 5. The number of benzene rings is 2. The molecule has 0 aliphatic carbocycles. The first-order valence-corrected chi connectivity index (χ1v) is 16.4. The maximum atomic E-state index is 13.7. The van der Waals surface area contributed by atoms with Gasteiger partial charge in [0.2, 0.25) is 23.6 Å². The summed E-state index contributed by atoms with van der Waals surface area (Å²) in [4.78, 5) is 68.8. The highest BCUT2D eigenvalue weighted by molar-refractivity contribution is 5.95. The van der Waals surface area contributed by atoms with E-state index in [0.717, 1.165) is 0 Å². The van der Waals surface area contributed by atoms with Gasteiger partial charge in [0.15, 0.2) is 11.5 Å². The number of hydrogen-bond donors (Lipinski definition) is 3. The quantitative estimate of drug-likeness (QED) is 0.451. The first-order chi connectivity index (χ1) is 23.0. The van der Waals surface area contributed by atoms with Crippen molar-refractivity contribution in [1.29, 1.82) is 0 Å². The van der Waals surface area contributed by atoms with Crippen molar-refractivity contribution < 1.29 is 38.2 Å². The van der Waals surface area contributed by atoms with E-state index in [2.05, 4.69) is 16.0 Å². The molecule has 0 aromatic heterocycles. The number of carbonyl (C=O) groups excluding carboxylic acids is 5. The molecule has 2 heterocycles. The zero-order valence-electron chi connectivity index (χ0n) is 28.4. The summed E-state index contributed by atoms with van der Waals surface area (Å²) in [6.07, 6.45) is 2.13. The second-order valence-electron chi connectivity index (χ2n) is 12.4. The Hall–Kier alpha value is -4.81. The summed E-state index contributed by atoms with van der Waals surface area (Å²) in [7, 11) is 3.01. The molecule has 2 aliphatic rings. The molecule has 260 valence electrons. The third kappa shape index (κ3) is 9.17. The topological polar surface area (TPSA) is 156 Å². The highest BCUT2D eigenvalue weighted by atomic mass is 16.5. The maximum absolute atomic E-state index is 13.7. The smallest absolute Gasteiger partial charge is 0.251 e. The van der Waals surface area contributed by atoms with Crippen LogP contribution in [-0.4, -0.2) is 92.3 Å². The lowest BCUT2D eigenvalue weighted by Crippen LogP contribution is -2.53. The highest BCUT2D eigenvalue weighted by Gasteiger charge is 2.32. The number of nitrogens with zero attached hydrogens (tertiary/aromatic N) is 2. The van der Waals surface area contributed by atoms with E-state index in [-0.39, 0.29) is 42.6 Å². The van der Waals surface area contributed by atoms with Crippen LogP contribution in [0.25, 0.3) is 0 Å². The Balaban J connectivity index is 1.62. The standard InChI is InChI=1S/C35H47N5O8/c1-22(2)32-34(44)37-20-26-27(46-4)9-8-10-28(26)48-30-19-25(11-12-29(30)47-5)33(43)36-15-6-7-16-40(21-31(42)38-32)35(45)24-13-17-39(18-14-24)23(3)41/h8-12,19,22,24,32H,6-7,13-18,20-21H2,1-5H3,(H,36,43)(H,37,44)(H,38,42)/t32-/m1/s1. The van der Waals surface area contributed by atoms with Gasteiger partial charge in [0.25, 0.3) is 5.91 Å². The number of methoxy groups -OCH3 is 2. The van der Waals surface area contributed by atoms with Crippen LogP contribution in [0.2, 0.25) is 0 Å². The Labute approximate surface area is 281 Å². The van der Waals surface area contributed by atoms with Crippen molar-refractivity contribution in [1.82, 2.24) is 25.8 Å². The minimum Gasteiger partial charge on any atom is -0.496 e. The number of piperidine rings is 1. The molecule has 1 fully saturated rings. The molecule has 0 unspecified atom stereocenters. The first-order valence-electron chi connectivity index (χ1n) is 16.4. The predicted octanol–water partition coefficient (Wildman–Crippen LogP) is 2.86. The molecule has 13 heteroatoms. The molecule has 2 bridgehead atoms. The van der Waals surface area contributed by atoms with Crippen LogP contribution in [0.15, 0.2) is 36.4 Å². The number of ether oxygens (including phenoxy) is 3. The third-order valence-corrected chi connectivity index (χ3v) is 8.74. The Morgan fingerprint density at radius 3 is 2.29 bits per heavy atom. The number of fused-ring (bicyclic) bond motifs is 3. The summed E-state index contributed by atoms with van der Waals surface area (Å²) < 4.78 is 17.3. The van der Waals surface area contributed by atoms with Gasteiger partial charge >= 0.3 is 0 Å². The lowest BCUT2D eigenvalue weighted by molar-refractivity contribution is -0.143. The Morgan fingerprint density at radius 1 is 0.896 bits per heavy atom. The normalized spacial score (nSPS) is 18.9. The molecule has 1 atom stereocenters. The van der Waals surface area contributed by atoms with Gasteiger partial charge < -0.3 is 40.0 Å². The minimum atomic E-state index is -0.870. The summed E-state index contributed by atoms with van der Waals surface area (Å²) in [6, 6.07) is 9.23. The predicted molar refractivity (Wildman–Crippen MR) is 178 cm³/mol. The van der Waals surface area contributed by atoms with E-state index in [1.165, 1.54) is 26.0 Å². The molecule has 2 aliphatic heterocycles. The fraction of sp³-hybridized carbons (Fsp3) is 0.514. The van der Waals surface area contributed by atoms with Crippen LogP contribution < -0.4 is 30.2 Å². The monoisotopic (exact) mass is 665 g/mol. The molecule has 0 saturated carbocycles. The molecule has 13 nitrogen and oxygen atoms in total. The van der Waals surface area contributed by atoms with Gasteiger partial charge in [-0.05, 0) is 61.9 Å². The van der Waals surface area contributed by atoms with Crippen LogP contribution in [0.4, 0.5) is 0 Å². The molecular weight excluding hydrogens is 618 g/mol. The summed E-state index contributed by atoms with van der Waals surface area (Å²) in [5.41, 5.74) is 0.907. The van der Waals surface area contributed by atoms with Gasteiger partial charge in [-0.2, -0.15) is 0 Å². The fourth-order valence-corrected chi connectivity index (χ4v) is 5.93. The van der Waals surface area contributed by atoms with Crippen LogP contribution in [0, 0.1) is 11.8 Å². The molecule has 1 saturated heterocycles. The van der Waals surface area contributed by atoms with Gasteiger partial charge in [0.1, 0.15) is 17.5 Å². The lowest BCUT2D eigenvalue weighted by Gasteiger charge is -2.34. The van der Waals surface area contributed by atoms with Crippen molar-refractivity contribution in [2.24, 2.45) is 11.8 Å². The largest absolute Gasteiger partial charge is 0.496 e. The molecule has 3 N–H and O–H groups in total. The van der Waals surface area contributed by atoms with Crippen molar-refractivity contribution in [3.05, 3.63) is 47.5 Å². The second kappa shape index (κ2) is 16.8. The van der Waals surface area contributed by atoms with E-state index in [4.69, 9.17) is 14.2 Å². The highest BCUT2D eigenvalue weighted by Crippen LogP contribution is 2.37. The molecule has 2 aromatic carbocycles. The van der Waals surface area contributed by atoms with Crippen LogP contribution in [0.5, 0.6) is 23.0 Å². The minimum absolute atomic E-state index is 0.0172. The van der Waals surface area contributed by atoms with E-state index >= 15 is 0 Å². The zero-order valence-corrected chi connectivity index (χ0v) is 28.4. The maximum Gasteiger partial charge on any atom is 0.251 e. The van der Waals surface area contributed by atoms with Gasteiger partial charge in [0.05, 0.1) is 32.9 Å². The average molecular weight is 666 g/mol. The average Bonchev–Trinajstić information content (AvgIpc) is 3.08. The van der Waals surface area contributed by atoms with E-state index in [1.807, 2.05) is 13.8 Å². The Kier molecular flexibility index (Phi) is 12.6. The third-order valence-electron chi connectivity index (χ3n) is 8.74. The van der Waals surface area contributed by atoms with Gasteiger partial charge in [-0.15, -0.1) is 0 Å². The Bertz CT molecular complexity index is 1490. The van der Waals surface area contributed by atoms with Crippen molar-refractivity contribution in [2.45, 2.75) is 59.0 Å². The van der Waals surface area contributed by atoms with Crippen molar-refractivity contribution in [2.75, 3.05) is 46.9 Å². The van der Waals surface area contributed by atoms with Crippen molar-refractivity contribution in [3.63, 3.8) is 0 Å². The van der Waals surface area contributed by atoms with Gasteiger partial charge in [-0.1, -0.05) is 19.9 Å². The van der Waals surface area contributed by atoms with Crippen LogP contribution in [-0.2, 0) is 25.7 Å². The van der Waals surface area contributed by atoms with Crippen LogP contribution in [0.1, 0.15) is 62.4 Å². The zero-order chi connectivity index (χ0) is 34.8. The van der Waals surface area contributed by atoms with E-state index < -0.39 is 17.9 Å². The summed E-state index contributed by atoms with van der Waals surface area (Å²) >= 11 is 0. The fourth-order valence-electron chi connectivity index (χ4n) is 5.93. The van der Waals surface area contributed by atoms with Gasteiger partial charge in [-0.3, -0.25) is 24.0 Å². The number of rotatable bonds is 4. The number of hydrogen-bond acceptors (Lipinski definition) is 8. The second-order valence-corrected chi connectivity index (χ2v) is 12.4. The summed E-state index contributed by atoms with van der Waals surface area (Å²) in [5.74, 6) is -0.350. The molecule has 0 radical (unpaired) electrons. The Morgan fingerprint density at radius 2 is 1.62 bits per heavy atom.